The molecule has 78 valence electrons. The van der Waals surface area contributed by atoms with E-state index in [0.29, 0.717) is 11.1 Å². The molecule has 0 bridgehead atoms. The van der Waals surface area contributed by atoms with Gasteiger partial charge in [-0.15, -0.1) is 0 Å². The van der Waals surface area contributed by atoms with E-state index in [1.807, 2.05) is 0 Å². The summed E-state index contributed by atoms with van der Waals surface area (Å²) in [6.07, 6.45) is 4.00. The first kappa shape index (κ1) is 9.48. The molecule has 0 radical (unpaired) electrons. The summed E-state index contributed by atoms with van der Waals surface area (Å²) in [5.74, 6) is 1.46. The first-order valence-corrected chi connectivity index (χ1v) is 6.26. The summed E-state index contributed by atoms with van der Waals surface area (Å²) in [5.41, 5.74) is 0.765. The molecule has 0 unspecified atom stereocenters. The van der Waals surface area contributed by atoms with Gasteiger partial charge in [-0.3, -0.25) is 0 Å². The van der Waals surface area contributed by atoms with Gasteiger partial charge in [0, 0.05) is 5.92 Å². The first-order valence-electron chi connectivity index (χ1n) is 5.06. The number of hydrogen-bond donors (Lipinski definition) is 0. The minimum absolute atomic E-state index is 0.469. The van der Waals surface area contributed by atoms with Gasteiger partial charge >= 0.3 is 0 Å². The Hall–Kier alpha value is -0.740. The Morgan fingerprint density at radius 2 is 2.40 bits per heavy atom. The summed E-state index contributed by atoms with van der Waals surface area (Å²) < 4.78 is 0. The predicted octanol–water partition coefficient (Wildman–Crippen LogP) is 3.25. The van der Waals surface area contributed by atoms with Gasteiger partial charge < -0.3 is 0 Å². The molecule has 1 fully saturated rings. The zero-order valence-corrected chi connectivity index (χ0v) is 9.85. The van der Waals surface area contributed by atoms with Crippen LogP contribution in [0.2, 0.25) is 5.15 Å². The molecule has 1 saturated carbocycles. The van der Waals surface area contributed by atoms with Gasteiger partial charge in [-0.2, -0.15) is 0 Å². The van der Waals surface area contributed by atoms with Crippen molar-refractivity contribution >= 4 is 33.3 Å². The molecule has 5 heteroatoms. The fourth-order valence-corrected chi connectivity index (χ4v) is 3.25. The highest BCUT2D eigenvalue weighted by molar-refractivity contribution is 7.18. The van der Waals surface area contributed by atoms with Crippen molar-refractivity contribution in [2.75, 3.05) is 0 Å². The van der Waals surface area contributed by atoms with Crippen LogP contribution in [0.3, 0.4) is 0 Å². The Kier molecular flexibility index (Phi) is 2.14. The maximum Gasteiger partial charge on any atom is 0.159 e. The topological polar surface area (TPSA) is 38.7 Å². The van der Waals surface area contributed by atoms with Gasteiger partial charge in [-0.25, -0.2) is 15.0 Å². The molecule has 2 aromatic heterocycles. The second-order valence-electron chi connectivity index (χ2n) is 3.88. The molecule has 0 aliphatic heterocycles. The number of hydrogen-bond acceptors (Lipinski definition) is 4. The molecule has 1 aliphatic carbocycles. The van der Waals surface area contributed by atoms with E-state index < -0.39 is 0 Å². The third-order valence-corrected chi connectivity index (χ3v) is 4.30. The highest BCUT2D eigenvalue weighted by Gasteiger charge is 2.39. The fourth-order valence-electron chi connectivity index (χ4n) is 1.90. The molecular weight excluding hydrogens is 230 g/mol. The Labute approximate surface area is 96.5 Å². The van der Waals surface area contributed by atoms with Gasteiger partial charge in [0.25, 0.3) is 0 Å². The Morgan fingerprint density at radius 1 is 1.53 bits per heavy atom. The highest BCUT2D eigenvalue weighted by atomic mass is 35.5. The van der Waals surface area contributed by atoms with Gasteiger partial charge in [0.15, 0.2) is 5.15 Å². The van der Waals surface area contributed by atoms with Gasteiger partial charge in [-0.05, 0) is 12.3 Å². The second kappa shape index (κ2) is 3.39. The summed E-state index contributed by atoms with van der Waals surface area (Å²) in [4.78, 5) is 13.6. The lowest BCUT2D eigenvalue weighted by molar-refractivity contribution is 0.764. The SMILES string of the molecule is CC[C@@H]1C[C@H]1c1nc2c(Cl)ncnc2s1. The van der Waals surface area contributed by atoms with Gasteiger partial charge in [-0.1, -0.05) is 36.3 Å². The number of fused-ring (bicyclic) bond motifs is 1. The van der Waals surface area contributed by atoms with E-state index in [1.54, 1.807) is 11.3 Å². The first-order chi connectivity index (χ1) is 7.29. The van der Waals surface area contributed by atoms with E-state index in [-0.39, 0.29) is 0 Å². The van der Waals surface area contributed by atoms with E-state index in [9.17, 15) is 0 Å². The molecule has 3 nitrogen and oxygen atoms in total. The van der Waals surface area contributed by atoms with Crippen molar-refractivity contribution in [2.24, 2.45) is 5.92 Å². The molecule has 2 aromatic rings. The van der Waals surface area contributed by atoms with Crippen LogP contribution in [-0.2, 0) is 0 Å². The van der Waals surface area contributed by atoms with Crippen LogP contribution in [0.15, 0.2) is 6.33 Å². The zero-order valence-electron chi connectivity index (χ0n) is 8.27. The van der Waals surface area contributed by atoms with E-state index in [0.717, 1.165) is 16.3 Å². The van der Waals surface area contributed by atoms with Crippen LogP contribution < -0.4 is 0 Å². The summed E-state index contributed by atoms with van der Waals surface area (Å²) in [5, 5.41) is 1.65. The van der Waals surface area contributed by atoms with Crippen LogP contribution in [0.25, 0.3) is 10.3 Å². The van der Waals surface area contributed by atoms with Crippen LogP contribution in [0.5, 0.6) is 0 Å². The fraction of sp³-hybridized carbons (Fsp3) is 0.500. The summed E-state index contributed by atoms with van der Waals surface area (Å²) in [6, 6.07) is 0. The zero-order chi connectivity index (χ0) is 10.4. The molecule has 0 aromatic carbocycles. The Morgan fingerprint density at radius 3 is 3.07 bits per heavy atom. The third kappa shape index (κ3) is 1.52. The molecule has 15 heavy (non-hydrogen) atoms. The van der Waals surface area contributed by atoms with Crippen LogP contribution in [0.4, 0.5) is 0 Å². The monoisotopic (exact) mass is 239 g/mol. The average Bonchev–Trinajstić information content (AvgIpc) is 2.90. The van der Waals surface area contributed by atoms with Crippen molar-refractivity contribution < 1.29 is 0 Å². The van der Waals surface area contributed by atoms with Crippen molar-refractivity contribution in [3.8, 4) is 0 Å². The number of aromatic nitrogens is 3. The molecule has 0 N–H and O–H groups in total. The van der Waals surface area contributed by atoms with Crippen molar-refractivity contribution in [1.29, 1.82) is 0 Å². The largest absolute Gasteiger partial charge is 0.236 e. The van der Waals surface area contributed by atoms with Crippen molar-refractivity contribution in [1.82, 2.24) is 15.0 Å². The van der Waals surface area contributed by atoms with Crippen molar-refractivity contribution in [3.05, 3.63) is 16.5 Å². The average molecular weight is 240 g/mol. The van der Waals surface area contributed by atoms with E-state index >= 15 is 0 Å². The normalized spacial score (nSPS) is 24.7. The molecular formula is C10H10ClN3S. The smallest absolute Gasteiger partial charge is 0.159 e. The molecule has 2 heterocycles. The minimum Gasteiger partial charge on any atom is -0.236 e. The molecule has 0 amide bonds. The van der Waals surface area contributed by atoms with E-state index in [1.165, 1.54) is 24.2 Å². The number of halogens is 1. The molecule has 0 spiro atoms. The highest BCUT2D eigenvalue weighted by Crippen LogP contribution is 2.51. The summed E-state index contributed by atoms with van der Waals surface area (Å²) in [7, 11) is 0. The Bertz CT molecular complexity index is 510. The standard InChI is InChI=1S/C10H10ClN3S/c1-2-5-3-6(5)9-14-7-8(11)12-4-13-10(7)15-9/h4-6H,2-3H2,1H3/t5-,6-/m1/s1. The maximum absolute atomic E-state index is 5.96. The second-order valence-corrected chi connectivity index (χ2v) is 5.25. The molecule has 2 atom stereocenters. The molecule has 3 rings (SSSR count). The lowest BCUT2D eigenvalue weighted by Gasteiger charge is -1.89. The van der Waals surface area contributed by atoms with Gasteiger partial charge in [0.05, 0.1) is 5.01 Å². The number of rotatable bonds is 2. The van der Waals surface area contributed by atoms with E-state index in [2.05, 4.69) is 21.9 Å². The third-order valence-electron chi connectivity index (χ3n) is 2.93. The lowest BCUT2D eigenvalue weighted by Crippen LogP contribution is -1.82. The lowest BCUT2D eigenvalue weighted by atomic mass is 10.3. The van der Waals surface area contributed by atoms with Gasteiger partial charge in [0.2, 0.25) is 0 Å². The number of nitrogens with zero attached hydrogens (tertiary/aromatic N) is 3. The van der Waals surface area contributed by atoms with Crippen LogP contribution in [0, 0.1) is 5.92 Å². The number of thiazole rings is 1. The van der Waals surface area contributed by atoms with Crippen LogP contribution >= 0.6 is 22.9 Å². The summed E-state index contributed by atoms with van der Waals surface area (Å²) in [6.45, 7) is 2.23. The van der Waals surface area contributed by atoms with E-state index in [4.69, 9.17) is 11.6 Å². The maximum atomic E-state index is 5.96. The predicted molar refractivity (Wildman–Crippen MR) is 61.4 cm³/mol. The van der Waals surface area contributed by atoms with Crippen molar-refractivity contribution in [2.45, 2.75) is 25.7 Å². The molecule has 0 saturated heterocycles. The van der Waals surface area contributed by atoms with Crippen molar-refractivity contribution in [3.63, 3.8) is 0 Å². The van der Waals surface area contributed by atoms with Gasteiger partial charge in [0.1, 0.15) is 16.7 Å². The Balaban J connectivity index is 2.04. The van der Waals surface area contributed by atoms with Crippen LogP contribution in [-0.4, -0.2) is 15.0 Å². The quantitative estimate of drug-likeness (QED) is 0.755. The minimum atomic E-state index is 0.469. The molecule has 1 aliphatic rings. The van der Waals surface area contributed by atoms with Crippen LogP contribution in [0.1, 0.15) is 30.7 Å². The summed E-state index contributed by atoms with van der Waals surface area (Å²) >= 11 is 7.61.